The summed E-state index contributed by atoms with van der Waals surface area (Å²) in [5.74, 6) is 1.62. The molecule has 0 bridgehead atoms. The van der Waals surface area contributed by atoms with E-state index in [1.807, 2.05) is 48.7 Å². The minimum absolute atomic E-state index is 0.725. The molecule has 2 aromatic heterocycles. The number of rotatable bonds is 6. The second kappa shape index (κ2) is 9.47. The summed E-state index contributed by atoms with van der Waals surface area (Å²) in [5, 5.41) is 0. The van der Waals surface area contributed by atoms with Crippen LogP contribution in [0.2, 0.25) is 0 Å². The Hall–Kier alpha value is -3.28. The van der Waals surface area contributed by atoms with Crippen molar-refractivity contribution in [2.24, 2.45) is 0 Å². The zero-order valence-electron chi connectivity index (χ0n) is 18.4. The van der Waals surface area contributed by atoms with Crippen LogP contribution in [0.15, 0.2) is 83.4 Å². The summed E-state index contributed by atoms with van der Waals surface area (Å²) in [6.45, 7) is 7.81. The van der Waals surface area contributed by atoms with E-state index >= 15 is 0 Å². The van der Waals surface area contributed by atoms with Crippen LogP contribution in [-0.2, 0) is 13.1 Å². The molecule has 32 heavy (non-hydrogen) atoms. The standard InChI is InChI=1S/C27H28N4O/c1-21-9-8-14-28-24(21)19-30-15-17-31(18-16-30)20-25-29-26(22-10-4-2-5-11-22)27(32-25)23-12-6-3-7-13-23/h2-14H,15-20H2,1H3. The molecule has 1 aliphatic rings. The molecule has 5 rings (SSSR count). The van der Waals surface area contributed by atoms with Gasteiger partial charge in [0.25, 0.3) is 0 Å². The van der Waals surface area contributed by atoms with Crippen molar-refractivity contribution in [1.29, 1.82) is 0 Å². The van der Waals surface area contributed by atoms with Crippen LogP contribution >= 0.6 is 0 Å². The first-order chi connectivity index (χ1) is 15.8. The van der Waals surface area contributed by atoms with Crippen molar-refractivity contribution < 1.29 is 4.42 Å². The maximum absolute atomic E-state index is 6.32. The van der Waals surface area contributed by atoms with E-state index in [-0.39, 0.29) is 0 Å². The van der Waals surface area contributed by atoms with E-state index in [9.17, 15) is 0 Å². The number of oxazole rings is 1. The molecule has 5 nitrogen and oxygen atoms in total. The maximum atomic E-state index is 6.32. The van der Waals surface area contributed by atoms with E-state index in [4.69, 9.17) is 9.40 Å². The quantitative estimate of drug-likeness (QED) is 0.434. The van der Waals surface area contributed by atoms with E-state index in [2.05, 4.69) is 52.0 Å². The van der Waals surface area contributed by atoms with E-state index in [1.165, 1.54) is 11.3 Å². The summed E-state index contributed by atoms with van der Waals surface area (Å²) < 4.78 is 6.32. The number of benzene rings is 2. The molecule has 1 fully saturated rings. The third-order valence-electron chi connectivity index (χ3n) is 6.07. The van der Waals surface area contributed by atoms with Gasteiger partial charge in [-0.05, 0) is 18.6 Å². The Morgan fingerprint density at radius 1 is 0.750 bits per heavy atom. The summed E-state index contributed by atoms with van der Waals surface area (Å²) in [6, 6.07) is 24.7. The third kappa shape index (κ3) is 4.64. The molecule has 3 heterocycles. The average Bonchev–Trinajstić information content (AvgIpc) is 3.27. The Morgan fingerprint density at radius 3 is 2.03 bits per heavy atom. The predicted molar refractivity (Wildman–Crippen MR) is 127 cm³/mol. The van der Waals surface area contributed by atoms with Gasteiger partial charge < -0.3 is 4.42 Å². The first kappa shape index (κ1) is 20.6. The predicted octanol–water partition coefficient (Wildman–Crippen LogP) is 5.03. The monoisotopic (exact) mass is 424 g/mol. The lowest BCUT2D eigenvalue weighted by atomic mass is 10.1. The number of hydrogen-bond donors (Lipinski definition) is 0. The zero-order valence-corrected chi connectivity index (χ0v) is 18.4. The second-order valence-electron chi connectivity index (χ2n) is 8.34. The highest BCUT2D eigenvalue weighted by atomic mass is 16.4. The fraction of sp³-hybridized carbons (Fsp3) is 0.259. The molecule has 0 spiro atoms. The van der Waals surface area contributed by atoms with Crippen LogP contribution in [0.25, 0.3) is 22.6 Å². The number of hydrogen-bond acceptors (Lipinski definition) is 5. The number of nitrogens with zero attached hydrogens (tertiary/aromatic N) is 4. The molecule has 2 aromatic carbocycles. The largest absolute Gasteiger partial charge is 0.439 e. The van der Waals surface area contributed by atoms with Gasteiger partial charge in [-0.2, -0.15) is 0 Å². The molecule has 0 atom stereocenters. The molecule has 0 N–H and O–H groups in total. The van der Waals surface area contributed by atoms with E-state index in [0.29, 0.717) is 0 Å². The first-order valence-electron chi connectivity index (χ1n) is 11.2. The van der Waals surface area contributed by atoms with Gasteiger partial charge in [-0.1, -0.05) is 66.7 Å². The van der Waals surface area contributed by atoms with Crippen LogP contribution in [0.3, 0.4) is 0 Å². The highest BCUT2D eigenvalue weighted by Gasteiger charge is 2.22. The topological polar surface area (TPSA) is 45.4 Å². The van der Waals surface area contributed by atoms with E-state index < -0.39 is 0 Å². The van der Waals surface area contributed by atoms with Gasteiger partial charge in [0.2, 0.25) is 5.89 Å². The fourth-order valence-corrected chi connectivity index (χ4v) is 4.20. The second-order valence-corrected chi connectivity index (χ2v) is 8.34. The molecule has 0 unspecified atom stereocenters. The normalized spacial score (nSPS) is 15.2. The Balaban J connectivity index is 1.29. The van der Waals surface area contributed by atoms with Crippen molar-refractivity contribution in [3.63, 3.8) is 0 Å². The van der Waals surface area contributed by atoms with Gasteiger partial charge in [0.1, 0.15) is 5.69 Å². The van der Waals surface area contributed by atoms with Gasteiger partial charge in [0.05, 0.1) is 12.2 Å². The van der Waals surface area contributed by atoms with Crippen molar-refractivity contribution in [2.75, 3.05) is 26.2 Å². The summed E-state index contributed by atoms with van der Waals surface area (Å²) in [5.41, 5.74) is 5.49. The van der Waals surface area contributed by atoms with Crippen molar-refractivity contribution in [3.8, 4) is 22.6 Å². The van der Waals surface area contributed by atoms with Gasteiger partial charge in [0.15, 0.2) is 5.76 Å². The van der Waals surface area contributed by atoms with Crippen LogP contribution < -0.4 is 0 Å². The molecule has 1 aliphatic heterocycles. The van der Waals surface area contributed by atoms with Crippen LogP contribution in [0.1, 0.15) is 17.1 Å². The summed E-state index contributed by atoms with van der Waals surface area (Å²) >= 11 is 0. The third-order valence-corrected chi connectivity index (χ3v) is 6.07. The fourth-order valence-electron chi connectivity index (χ4n) is 4.20. The van der Waals surface area contributed by atoms with Crippen LogP contribution in [0, 0.1) is 6.92 Å². The number of pyridine rings is 1. The maximum Gasteiger partial charge on any atom is 0.209 e. The first-order valence-corrected chi connectivity index (χ1v) is 11.2. The van der Waals surface area contributed by atoms with Gasteiger partial charge in [-0.3, -0.25) is 14.8 Å². The van der Waals surface area contributed by atoms with Crippen molar-refractivity contribution in [3.05, 3.63) is 96.1 Å². The molecule has 0 saturated carbocycles. The highest BCUT2D eigenvalue weighted by molar-refractivity contribution is 5.76. The number of aryl methyl sites for hydroxylation is 1. The zero-order chi connectivity index (χ0) is 21.8. The Morgan fingerprint density at radius 2 is 1.38 bits per heavy atom. The summed E-state index contributed by atoms with van der Waals surface area (Å²) in [6.07, 6.45) is 1.88. The van der Waals surface area contributed by atoms with Crippen LogP contribution in [-0.4, -0.2) is 45.9 Å². The molecular formula is C27H28N4O. The Kier molecular flexibility index (Phi) is 6.10. The average molecular weight is 425 g/mol. The van der Waals surface area contributed by atoms with Crippen LogP contribution in [0.4, 0.5) is 0 Å². The molecule has 0 amide bonds. The van der Waals surface area contributed by atoms with Crippen molar-refractivity contribution in [1.82, 2.24) is 19.8 Å². The molecule has 0 aliphatic carbocycles. The van der Waals surface area contributed by atoms with E-state index in [0.717, 1.165) is 67.7 Å². The molecule has 5 heteroatoms. The van der Waals surface area contributed by atoms with Crippen LogP contribution in [0.5, 0.6) is 0 Å². The number of piperazine rings is 1. The van der Waals surface area contributed by atoms with Crippen molar-refractivity contribution in [2.45, 2.75) is 20.0 Å². The SMILES string of the molecule is Cc1cccnc1CN1CCN(Cc2nc(-c3ccccc3)c(-c3ccccc3)o2)CC1. The number of aromatic nitrogens is 2. The minimum Gasteiger partial charge on any atom is -0.439 e. The van der Waals surface area contributed by atoms with Gasteiger partial charge in [-0.25, -0.2) is 4.98 Å². The Bertz CT molecular complexity index is 1090. The molecule has 1 saturated heterocycles. The molecule has 4 aromatic rings. The molecule has 0 radical (unpaired) electrons. The van der Waals surface area contributed by atoms with E-state index in [1.54, 1.807) is 0 Å². The summed E-state index contributed by atoms with van der Waals surface area (Å²) in [7, 11) is 0. The highest BCUT2D eigenvalue weighted by Crippen LogP contribution is 2.33. The van der Waals surface area contributed by atoms with Gasteiger partial charge in [-0.15, -0.1) is 0 Å². The minimum atomic E-state index is 0.725. The smallest absolute Gasteiger partial charge is 0.209 e. The van der Waals surface area contributed by atoms with Gasteiger partial charge in [0, 0.05) is 50.0 Å². The van der Waals surface area contributed by atoms with Gasteiger partial charge >= 0.3 is 0 Å². The molecular weight excluding hydrogens is 396 g/mol. The lowest BCUT2D eigenvalue weighted by molar-refractivity contribution is 0.113. The lowest BCUT2D eigenvalue weighted by Crippen LogP contribution is -2.45. The van der Waals surface area contributed by atoms with Crippen molar-refractivity contribution >= 4 is 0 Å². The summed E-state index contributed by atoms with van der Waals surface area (Å²) in [4.78, 5) is 14.4. The molecule has 162 valence electrons. The lowest BCUT2D eigenvalue weighted by Gasteiger charge is -2.34. The Labute approximate surface area is 189 Å².